The minimum atomic E-state index is -0.315. The molecule has 2 aromatic heterocycles. The number of nitrogens with zero attached hydrogens (tertiary/aromatic N) is 6. The van der Waals surface area contributed by atoms with E-state index in [2.05, 4.69) is 15.0 Å². The number of hydrogen-bond donors (Lipinski definition) is 0. The number of amides is 1. The van der Waals surface area contributed by atoms with Crippen molar-refractivity contribution in [2.45, 2.75) is 25.8 Å². The summed E-state index contributed by atoms with van der Waals surface area (Å²) in [5.74, 6) is 0.551. The van der Waals surface area contributed by atoms with Crippen LogP contribution in [-0.2, 0) is 11.8 Å². The third kappa shape index (κ3) is 3.91. The number of methoxy groups -OCH3 is 1. The summed E-state index contributed by atoms with van der Waals surface area (Å²) in [7, 11) is 3.09. The normalized spacial score (nSPS) is 16.4. The van der Waals surface area contributed by atoms with Crippen LogP contribution in [0.25, 0.3) is 11.4 Å². The van der Waals surface area contributed by atoms with E-state index in [0.717, 1.165) is 12.8 Å². The lowest BCUT2D eigenvalue weighted by atomic mass is 10.2. The van der Waals surface area contributed by atoms with Crippen molar-refractivity contribution in [3.8, 4) is 11.4 Å². The highest BCUT2D eigenvalue weighted by atomic mass is 16.5. The molecule has 0 spiro atoms. The van der Waals surface area contributed by atoms with Crippen molar-refractivity contribution in [1.82, 2.24) is 24.4 Å². The Kier molecular flexibility index (Phi) is 5.68. The van der Waals surface area contributed by atoms with Gasteiger partial charge in [-0.1, -0.05) is 0 Å². The SMILES string of the molecule is CCN(C[C@H]1CCCN1C(=O)OC)c1nc(-c2ccncn2)cc(=O)n1C. The molecule has 1 saturated heterocycles. The van der Waals surface area contributed by atoms with Crippen molar-refractivity contribution in [3.63, 3.8) is 0 Å². The van der Waals surface area contributed by atoms with Gasteiger partial charge in [0.2, 0.25) is 5.95 Å². The second kappa shape index (κ2) is 8.15. The van der Waals surface area contributed by atoms with Crippen LogP contribution >= 0.6 is 0 Å². The van der Waals surface area contributed by atoms with Gasteiger partial charge >= 0.3 is 6.09 Å². The second-order valence-electron chi connectivity index (χ2n) is 6.43. The maximum absolute atomic E-state index is 12.5. The molecule has 144 valence electrons. The standard InChI is InChI=1S/C18H24N6O3/c1-4-23(11-13-6-5-9-24(13)18(26)27-3)17-21-15(10-16(25)22(17)2)14-7-8-19-12-20-14/h7-8,10,12-13H,4-6,9,11H2,1-3H3/t13-/m1/s1. The topological polar surface area (TPSA) is 93.5 Å². The Labute approximate surface area is 157 Å². The van der Waals surface area contributed by atoms with E-state index in [1.165, 1.54) is 24.1 Å². The first-order chi connectivity index (χ1) is 13.0. The highest BCUT2D eigenvalue weighted by molar-refractivity contribution is 5.68. The number of rotatable bonds is 5. The third-order valence-electron chi connectivity index (χ3n) is 4.84. The highest BCUT2D eigenvalue weighted by Crippen LogP contribution is 2.22. The van der Waals surface area contributed by atoms with Gasteiger partial charge < -0.3 is 14.5 Å². The number of carbonyl (C=O) groups excluding carboxylic acids is 1. The van der Waals surface area contributed by atoms with E-state index in [4.69, 9.17) is 4.74 Å². The van der Waals surface area contributed by atoms with E-state index in [0.29, 0.717) is 37.0 Å². The van der Waals surface area contributed by atoms with E-state index in [1.54, 1.807) is 24.2 Å². The summed E-state index contributed by atoms with van der Waals surface area (Å²) in [6.45, 7) is 3.92. The van der Waals surface area contributed by atoms with Crippen LogP contribution in [0, 0.1) is 0 Å². The van der Waals surface area contributed by atoms with Gasteiger partial charge in [-0.05, 0) is 25.8 Å². The van der Waals surface area contributed by atoms with Gasteiger partial charge in [0, 0.05) is 38.9 Å². The van der Waals surface area contributed by atoms with Crippen molar-refractivity contribution in [2.75, 3.05) is 31.6 Å². The van der Waals surface area contributed by atoms with Gasteiger partial charge in [-0.15, -0.1) is 0 Å². The zero-order chi connectivity index (χ0) is 19.4. The second-order valence-corrected chi connectivity index (χ2v) is 6.43. The van der Waals surface area contributed by atoms with Crippen LogP contribution in [0.1, 0.15) is 19.8 Å². The molecule has 1 aliphatic heterocycles. The molecule has 1 atom stereocenters. The molecule has 0 aliphatic carbocycles. The van der Waals surface area contributed by atoms with Crippen LogP contribution in [0.15, 0.2) is 29.5 Å². The van der Waals surface area contributed by atoms with E-state index in [9.17, 15) is 9.59 Å². The molecule has 0 saturated carbocycles. The number of aromatic nitrogens is 4. The van der Waals surface area contributed by atoms with E-state index in [-0.39, 0.29) is 17.7 Å². The van der Waals surface area contributed by atoms with Crippen molar-refractivity contribution >= 4 is 12.0 Å². The molecule has 0 aromatic carbocycles. The average Bonchev–Trinajstić information content (AvgIpc) is 3.16. The van der Waals surface area contributed by atoms with E-state index < -0.39 is 0 Å². The Morgan fingerprint density at radius 2 is 2.22 bits per heavy atom. The van der Waals surface area contributed by atoms with Gasteiger partial charge in [0.05, 0.1) is 24.5 Å². The maximum atomic E-state index is 12.5. The minimum absolute atomic E-state index is 0.0250. The lowest BCUT2D eigenvalue weighted by Gasteiger charge is -2.31. The maximum Gasteiger partial charge on any atom is 0.409 e. The van der Waals surface area contributed by atoms with Crippen molar-refractivity contribution in [3.05, 3.63) is 35.0 Å². The van der Waals surface area contributed by atoms with Gasteiger partial charge in [0.1, 0.15) is 6.33 Å². The molecule has 2 aromatic rings. The van der Waals surface area contributed by atoms with Crippen molar-refractivity contribution in [2.24, 2.45) is 7.05 Å². The van der Waals surface area contributed by atoms with Crippen LogP contribution in [0.2, 0.25) is 0 Å². The summed E-state index contributed by atoms with van der Waals surface area (Å²) in [4.78, 5) is 41.0. The zero-order valence-corrected chi connectivity index (χ0v) is 15.8. The molecule has 9 heteroatoms. The quantitative estimate of drug-likeness (QED) is 0.781. The van der Waals surface area contributed by atoms with E-state index in [1.807, 2.05) is 11.8 Å². The number of carbonyl (C=O) groups is 1. The van der Waals surface area contributed by atoms with Gasteiger partial charge in [-0.25, -0.2) is 19.7 Å². The van der Waals surface area contributed by atoms with Crippen LogP contribution < -0.4 is 10.5 Å². The van der Waals surface area contributed by atoms with Crippen molar-refractivity contribution in [1.29, 1.82) is 0 Å². The molecule has 27 heavy (non-hydrogen) atoms. The minimum Gasteiger partial charge on any atom is -0.453 e. The summed E-state index contributed by atoms with van der Waals surface area (Å²) in [6, 6.07) is 3.21. The van der Waals surface area contributed by atoms with Crippen LogP contribution in [0.4, 0.5) is 10.7 Å². The number of likely N-dealkylation sites (N-methyl/N-ethyl adjacent to an activating group) is 1. The molecule has 1 fully saturated rings. The number of ether oxygens (including phenoxy) is 1. The summed E-state index contributed by atoms with van der Waals surface area (Å²) in [6.07, 6.45) is 4.56. The van der Waals surface area contributed by atoms with E-state index >= 15 is 0 Å². The molecule has 1 amide bonds. The zero-order valence-electron chi connectivity index (χ0n) is 15.8. The molecular weight excluding hydrogens is 348 g/mol. The summed E-state index contributed by atoms with van der Waals surface area (Å²) in [5, 5.41) is 0. The Morgan fingerprint density at radius 1 is 1.41 bits per heavy atom. The van der Waals surface area contributed by atoms with Crippen LogP contribution in [0.3, 0.4) is 0 Å². The fourth-order valence-corrected chi connectivity index (χ4v) is 3.37. The predicted molar refractivity (Wildman–Crippen MR) is 101 cm³/mol. The summed E-state index contributed by atoms with van der Waals surface area (Å²) < 4.78 is 6.41. The lowest BCUT2D eigenvalue weighted by Crippen LogP contribution is -2.44. The molecule has 0 unspecified atom stereocenters. The first-order valence-electron chi connectivity index (χ1n) is 8.99. The molecule has 0 radical (unpaired) electrons. The smallest absolute Gasteiger partial charge is 0.409 e. The van der Waals surface area contributed by atoms with Gasteiger partial charge in [0.15, 0.2) is 0 Å². The Morgan fingerprint density at radius 3 is 2.89 bits per heavy atom. The number of hydrogen-bond acceptors (Lipinski definition) is 7. The third-order valence-corrected chi connectivity index (χ3v) is 4.84. The van der Waals surface area contributed by atoms with Crippen LogP contribution in [0.5, 0.6) is 0 Å². The first kappa shape index (κ1) is 18.8. The largest absolute Gasteiger partial charge is 0.453 e. The molecule has 3 rings (SSSR count). The number of likely N-dealkylation sites (tertiary alicyclic amines) is 1. The van der Waals surface area contributed by atoms with Crippen LogP contribution in [-0.4, -0.2) is 63.3 Å². The first-order valence-corrected chi connectivity index (χ1v) is 8.99. The average molecular weight is 372 g/mol. The molecule has 0 N–H and O–H groups in total. The van der Waals surface area contributed by atoms with Gasteiger partial charge in [-0.2, -0.15) is 0 Å². The molecule has 9 nitrogen and oxygen atoms in total. The highest BCUT2D eigenvalue weighted by Gasteiger charge is 2.31. The van der Waals surface area contributed by atoms with Gasteiger partial charge in [0.25, 0.3) is 5.56 Å². The predicted octanol–water partition coefficient (Wildman–Crippen LogP) is 1.29. The summed E-state index contributed by atoms with van der Waals surface area (Å²) >= 11 is 0. The van der Waals surface area contributed by atoms with Gasteiger partial charge in [-0.3, -0.25) is 9.36 Å². The molecular formula is C18H24N6O3. The molecule has 0 bridgehead atoms. The monoisotopic (exact) mass is 372 g/mol. The Bertz CT molecular complexity index is 854. The fourth-order valence-electron chi connectivity index (χ4n) is 3.37. The van der Waals surface area contributed by atoms with Crippen molar-refractivity contribution < 1.29 is 9.53 Å². The Hall–Kier alpha value is -2.97. The number of anilines is 1. The fraction of sp³-hybridized carbons (Fsp3) is 0.500. The lowest BCUT2D eigenvalue weighted by molar-refractivity contribution is 0.119. The molecule has 1 aliphatic rings. The molecule has 3 heterocycles. The summed E-state index contributed by atoms with van der Waals surface area (Å²) in [5.41, 5.74) is 0.936. The Balaban J connectivity index is 1.92.